The van der Waals surface area contributed by atoms with Crippen molar-refractivity contribution in [2.75, 3.05) is 6.61 Å². The summed E-state index contributed by atoms with van der Waals surface area (Å²) in [6.07, 6.45) is 18.7. The van der Waals surface area contributed by atoms with E-state index in [2.05, 4.69) is 37.4 Å². The SMILES string of the molecule is CCCCCCCC=CC(C)=CCCC=CC(OC(C)=O)C(COC(C)=O)NC(C)=O. The summed E-state index contributed by atoms with van der Waals surface area (Å²) in [7, 11) is 0. The summed E-state index contributed by atoms with van der Waals surface area (Å²) < 4.78 is 10.3. The molecule has 0 radical (unpaired) electrons. The van der Waals surface area contributed by atoms with E-state index in [1.807, 2.05) is 6.08 Å². The van der Waals surface area contributed by atoms with Crippen LogP contribution in [0.25, 0.3) is 0 Å². The molecule has 0 fully saturated rings. The molecular weight excluding hydrogens is 394 g/mol. The third-order valence-electron chi connectivity index (χ3n) is 4.53. The second-order valence-corrected chi connectivity index (χ2v) is 7.74. The minimum absolute atomic E-state index is 0.0700. The number of amides is 1. The Hall–Kier alpha value is -2.37. The van der Waals surface area contributed by atoms with Gasteiger partial charge >= 0.3 is 11.9 Å². The summed E-state index contributed by atoms with van der Waals surface area (Å²) in [5, 5.41) is 2.68. The van der Waals surface area contributed by atoms with Crippen molar-refractivity contribution in [2.45, 2.75) is 98.1 Å². The molecular formula is C25H41NO5. The highest BCUT2D eigenvalue weighted by molar-refractivity contribution is 5.73. The van der Waals surface area contributed by atoms with E-state index in [4.69, 9.17) is 9.47 Å². The Morgan fingerprint density at radius 1 is 0.871 bits per heavy atom. The minimum Gasteiger partial charge on any atom is -0.464 e. The molecule has 0 saturated carbocycles. The van der Waals surface area contributed by atoms with Gasteiger partial charge in [-0.1, -0.05) is 62.5 Å². The van der Waals surface area contributed by atoms with Crippen molar-refractivity contribution in [3.05, 3.63) is 36.0 Å². The number of allylic oxidation sites excluding steroid dienone is 5. The van der Waals surface area contributed by atoms with Gasteiger partial charge in [-0.2, -0.15) is 0 Å². The average molecular weight is 436 g/mol. The van der Waals surface area contributed by atoms with Crippen LogP contribution in [0, 0.1) is 0 Å². The molecule has 1 N–H and O–H groups in total. The predicted octanol–water partition coefficient (Wildman–Crippen LogP) is 5.19. The fraction of sp³-hybridized carbons (Fsp3) is 0.640. The second kappa shape index (κ2) is 18.4. The summed E-state index contributed by atoms with van der Waals surface area (Å²) in [4.78, 5) is 34.1. The standard InChI is InChI=1S/C25H41NO5/c1-6-7-8-9-10-11-13-16-20(2)17-14-12-15-18-25(31-23(5)29)24(26-21(3)27)19-30-22(4)28/h13,15-18,24-25H,6-12,14,19H2,1-5H3,(H,26,27). The van der Waals surface area contributed by atoms with E-state index in [1.165, 1.54) is 58.4 Å². The molecule has 6 heteroatoms. The van der Waals surface area contributed by atoms with Crippen molar-refractivity contribution >= 4 is 17.8 Å². The van der Waals surface area contributed by atoms with Crippen LogP contribution < -0.4 is 5.32 Å². The van der Waals surface area contributed by atoms with Gasteiger partial charge in [0.2, 0.25) is 5.91 Å². The zero-order valence-electron chi connectivity index (χ0n) is 19.9. The number of rotatable bonds is 16. The molecule has 0 aromatic carbocycles. The lowest BCUT2D eigenvalue weighted by atomic mass is 10.1. The van der Waals surface area contributed by atoms with Gasteiger partial charge in [0.05, 0.1) is 0 Å². The fourth-order valence-electron chi connectivity index (χ4n) is 2.97. The van der Waals surface area contributed by atoms with Gasteiger partial charge in [-0.15, -0.1) is 0 Å². The predicted molar refractivity (Wildman–Crippen MR) is 124 cm³/mol. The highest BCUT2D eigenvalue weighted by Gasteiger charge is 2.24. The van der Waals surface area contributed by atoms with E-state index in [0.717, 1.165) is 19.3 Å². The fourth-order valence-corrected chi connectivity index (χ4v) is 2.97. The number of hydrogen-bond donors (Lipinski definition) is 1. The monoisotopic (exact) mass is 435 g/mol. The first kappa shape index (κ1) is 28.6. The van der Waals surface area contributed by atoms with E-state index in [9.17, 15) is 14.4 Å². The van der Waals surface area contributed by atoms with Crippen LogP contribution in [0.5, 0.6) is 0 Å². The summed E-state index contributed by atoms with van der Waals surface area (Å²) in [6, 6.07) is -0.640. The van der Waals surface area contributed by atoms with Crippen LogP contribution in [-0.4, -0.2) is 36.6 Å². The molecule has 0 saturated heterocycles. The molecule has 1 amide bonds. The van der Waals surface area contributed by atoms with Gasteiger partial charge in [0.1, 0.15) is 18.8 Å². The topological polar surface area (TPSA) is 81.7 Å². The lowest BCUT2D eigenvalue weighted by molar-refractivity contribution is -0.149. The third kappa shape index (κ3) is 18.1. The molecule has 0 aliphatic rings. The Kier molecular flexibility index (Phi) is 17.0. The molecule has 6 nitrogen and oxygen atoms in total. The Bertz CT molecular complexity index is 621. The Labute approximate surface area is 188 Å². The van der Waals surface area contributed by atoms with Crippen LogP contribution in [0.1, 0.15) is 86.0 Å². The molecule has 0 rings (SSSR count). The maximum Gasteiger partial charge on any atom is 0.303 e. The van der Waals surface area contributed by atoms with E-state index < -0.39 is 24.1 Å². The van der Waals surface area contributed by atoms with Crippen LogP contribution in [0.2, 0.25) is 0 Å². The number of esters is 2. The third-order valence-corrected chi connectivity index (χ3v) is 4.53. The van der Waals surface area contributed by atoms with Gasteiger partial charge in [-0.05, 0) is 38.7 Å². The highest BCUT2D eigenvalue weighted by atomic mass is 16.6. The first-order valence-corrected chi connectivity index (χ1v) is 11.3. The summed E-state index contributed by atoms with van der Waals surface area (Å²) in [5.41, 5.74) is 1.23. The first-order valence-electron chi connectivity index (χ1n) is 11.3. The summed E-state index contributed by atoms with van der Waals surface area (Å²) in [5.74, 6) is -1.22. The molecule has 0 bridgehead atoms. The molecule has 0 aliphatic heterocycles. The van der Waals surface area contributed by atoms with E-state index in [-0.39, 0.29) is 12.5 Å². The van der Waals surface area contributed by atoms with Crippen LogP contribution in [0.15, 0.2) is 36.0 Å². The van der Waals surface area contributed by atoms with E-state index >= 15 is 0 Å². The van der Waals surface area contributed by atoms with Gasteiger partial charge < -0.3 is 14.8 Å². The molecule has 0 spiro atoms. The second-order valence-electron chi connectivity index (χ2n) is 7.74. The maximum absolute atomic E-state index is 11.5. The number of carbonyl (C=O) groups is 3. The molecule has 0 heterocycles. The maximum atomic E-state index is 11.5. The summed E-state index contributed by atoms with van der Waals surface area (Å²) in [6.45, 7) is 8.20. The van der Waals surface area contributed by atoms with Gasteiger partial charge in [0.15, 0.2) is 0 Å². The van der Waals surface area contributed by atoms with E-state index in [1.54, 1.807) is 6.08 Å². The Morgan fingerprint density at radius 3 is 2.19 bits per heavy atom. The number of nitrogens with one attached hydrogen (secondary N) is 1. The number of unbranched alkanes of at least 4 members (excludes halogenated alkanes) is 6. The lowest BCUT2D eigenvalue weighted by Gasteiger charge is -2.24. The van der Waals surface area contributed by atoms with Crippen molar-refractivity contribution in [3.8, 4) is 0 Å². The summed E-state index contributed by atoms with van der Waals surface area (Å²) >= 11 is 0. The van der Waals surface area contributed by atoms with Gasteiger partial charge in [-0.3, -0.25) is 14.4 Å². The van der Waals surface area contributed by atoms with Crippen molar-refractivity contribution in [1.82, 2.24) is 5.32 Å². The van der Waals surface area contributed by atoms with Crippen LogP contribution in [0.4, 0.5) is 0 Å². The highest BCUT2D eigenvalue weighted by Crippen LogP contribution is 2.09. The van der Waals surface area contributed by atoms with E-state index in [0.29, 0.717) is 0 Å². The quantitative estimate of drug-likeness (QED) is 0.156. The van der Waals surface area contributed by atoms with Gasteiger partial charge in [0, 0.05) is 20.8 Å². The molecule has 176 valence electrons. The zero-order valence-corrected chi connectivity index (χ0v) is 19.9. The normalized spacial score (nSPS) is 13.9. The van der Waals surface area contributed by atoms with Crippen LogP contribution in [0.3, 0.4) is 0 Å². The van der Waals surface area contributed by atoms with Gasteiger partial charge in [0.25, 0.3) is 0 Å². The number of ether oxygens (including phenoxy) is 2. The smallest absolute Gasteiger partial charge is 0.303 e. The zero-order chi connectivity index (χ0) is 23.5. The Balaban J connectivity index is 4.62. The molecule has 0 aromatic heterocycles. The van der Waals surface area contributed by atoms with Crippen molar-refractivity contribution < 1.29 is 23.9 Å². The van der Waals surface area contributed by atoms with Crippen LogP contribution >= 0.6 is 0 Å². The van der Waals surface area contributed by atoms with Crippen molar-refractivity contribution in [1.29, 1.82) is 0 Å². The Morgan fingerprint density at radius 2 is 1.58 bits per heavy atom. The molecule has 2 atom stereocenters. The molecule has 31 heavy (non-hydrogen) atoms. The lowest BCUT2D eigenvalue weighted by Crippen LogP contribution is -2.46. The number of carbonyl (C=O) groups excluding carboxylic acids is 3. The average Bonchev–Trinajstić information content (AvgIpc) is 2.68. The van der Waals surface area contributed by atoms with Crippen molar-refractivity contribution in [3.63, 3.8) is 0 Å². The minimum atomic E-state index is -0.710. The number of hydrogen-bond acceptors (Lipinski definition) is 5. The largest absolute Gasteiger partial charge is 0.464 e. The first-order chi connectivity index (χ1) is 14.8. The van der Waals surface area contributed by atoms with Gasteiger partial charge in [-0.25, -0.2) is 0 Å². The van der Waals surface area contributed by atoms with Crippen molar-refractivity contribution in [2.24, 2.45) is 0 Å². The molecule has 0 aromatic rings. The molecule has 2 unspecified atom stereocenters. The van der Waals surface area contributed by atoms with Crippen LogP contribution in [-0.2, 0) is 23.9 Å². The molecule has 0 aliphatic carbocycles.